The average molecular weight is 272 g/mol. The van der Waals surface area contributed by atoms with E-state index in [-0.39, 0.29) is 29.4 Å². The number of hydrogen-bond acceptors (Lipinski definition) is 4. The summed E-state index contributed by atoms with van der Waals surface area (Å²) in [5, 5.41) is 8.96. The summed E-state index contributed by atoms with van der Waals surface area (Å²) in [6, 6.07) is 4.70. The predicted octanol–water partition coefficient (Wildman–Crippen LogP) is 1.51. The minimum Gasteiger partial charge on any atom is -0.492 e. The molecule has 0 amide bonds. The van der Waals surface area contributed by atoms with Crippen LogP contribution in [0.2, 0.25) is 0 Å². The van der Waals surface area contributed by atoms with E-state index < -0.39 is 15.8 Å². The Hall–Kier alpha value is -1.56. The average Bonchev–Trinajstić information content (AvgIpc) is 2.28. The molecule has 0 unspecified atom stereocenters. The largest absolute Gasteiger partial charge is 0.492 e. The van der Waals surface area contributed by atoms with Crippen LogP contribution < -0.4 is 4.74 Å². The molecule has 0 spiro atoms. The Morgan fingerprint density at radius 3 is 2.61 bits per heavy atom. The molecule has 1 aromatic rings. The van der Waals surface area contributed by atoms with Crippen molar-refractivity contribution in [2.75, 3.05) is 18.1 Å². The Bertz CT molecular complexity index is 533. The van der Waals surface area contributed by atoms with E-state index in [1.807, 2.05) is 0 Å². The molecule has 0 bridgehead atoms. The van der Waals surface area contributed by atoms with Crippen molar-refractivity contribution in [3.63, 3.8) is 0 Å². The molecule has 18 heavy (non-hydrogen) atoms. The van der Waals surface area contributed by atoms with Gasteiger partial charge in [-0.05, 0) is 24.6 Å². The van der Waals surface area contributed by atoms with Crippen LogP contribution in [0.1, 0.15) is 22.8 Å². The van der Waals surface area contributed by atoms with Crippen molar-refractivity contribution in [1.82, 2.24) is 0 Å². The first-order valence-electron chi connectivity index (χ1n) is 5.53. The fraction of sp³-hybridized carbons (Fsp3) is 0.417. The Labute approximate surface area is 106 Å². The van der Waals surface area contributed by atoms with Gasteiger partial charge < -0.3 is 9.84 Å². The highest BCUT2D eigenvalue weighted by atomic mass is 32.2. The number of carboxylic acids is 1. The highest BCUT2D eigenvalue weighted by molar-refractivity contribution is 7.91. The van der Waals surface area contributed by atoms with Gasteiger partial charge >= 0.3 is 5.97 Å². The summed E-state index contributed by atoms with van der Waals surface area (Å²) in [4.78, 5) is 11.0. The van der Waals surface area contributed by atoms with Crippen molar-refractivity contribution in [3.8, 4) is 5.75 Å². The van der Waals surface area contributed by atoms with Crippen LogP contribution in [0.5, 0.6) is 5.75 Å². The third-order valence-corrected chi connectivity index (χ3v) is 4.13. The standard InChI is InChI=1S/C12H16O5S/c1-3-18(15,16)7-6-17-11-8-9(2)4-5-10(11)12(13)14/h4-5,8H,3,6-7H2,1-2H3,(H,13,14). The number of hydrogen-bond donors (Lipinski definition) is 1. The van der Waals surface area contributed by atoms with Crippen molar-refractivity contribution in [1.29, 1.82) is 0 Å². The molecule has 0 radical (unpaired) electrons. The fourth-order valence-electron chi connectivity index (χ4n) is 1.35. The van der Waals surface area contributed by atoms with Gasteiger partial charge in [0.05, 0.1) is 5.75 Å². The minimum atomic E-state index is -3.11. The molecular formula is C12H16O5S. The normalized spacial score (nSPS) is 11.2. The summed E-state index contributed by atoms with van der Waals surface area (Å²) in [6.07, 6.45) is 0. The first-order chi connectivity index (χ1) is 8.35. The molecule has 0 heterocycles. The van der Waals surface area contributed by atoms with Gasteiger partial charge in [-0.15, -0.1) is 0 Å². The lowest BCUT2D eigenvalue weighted by Crippen LogP contribution is -2.16. The van der Waals surface area contributed by atoms with Gasteiger partial charge in [0.25, 0.3) is 0 Å². The molecule has 0 fully saturated rings. The number of sulfone groups is 1. The second-order valence-corrected chi connectivity index (χ2v) is 6.36. The third-order valence-electron chi connectivity index (χ3n) is 2.46. The number of benzene rings is 1. The van der Waals surface area contributed by atoms with Gasteiger partial charge in [0.2, 0.25) is 0 Å². The van der Waals surface area contributed by atoms with Crippen molar-refractivity contribution in [2.45, 2.75) is 13.8 Å². The lowest BCUT2D eigenvalue weighted by molar-refractivity contribution is 0.0692. The second-order valence-electron chi connectivity index (χ2n) is 3.89. The quantitative estimate of drug-likeness (QED) is 0.849. The zero-order chi connectivity index (χ0) is 13.8. The molecule has 0 atom stereocenters. The van der Waals surface area contributed by atoms with Crippen LogP contribution in [0, 0.1) is 6.92 Å². The number of aromatic carboxylic acids is 1. The lowest BCUT2D eigenvalue weighted by Gasteiger charge is -2.09. The Morgan fingerprint density at radius 2 is 2.06 bits per heavy atom. The Kier molecular flexibility index (Phi) is 4.72. The lowest BCUT2D eigenvalue weighted by atomic mass is 10.1. The summed E-state index contributed by atoms with van der Waals surface area (Å²) in [6.45, 7) is 3.33. The first kappa shape index (κ1) is 14.5. The van der Waals surface area contributed by atoms with E-state index in [4.69, 9.17) is 9.84 Å². The van der Waals surface area contributed by atoms with Crippen LogP contribution in [0.25, 0.3) is 0 Å². The molecule has 5 nitrogen and oxygen atoms in total. The van der Waals surface area contributed by atoms with Gasteiger partial charge in [0.15, 0.2) is 9.84 Å². The van der Waals surface area contributed by atoms with Gasteiger partial charge in [-0.3, -0.25) is 0 Å². The number of aryl methyl sites for hydroxylation is 1. The monoisotopic (exact) mass is 272 g/mol. The van der Waals surface area contributed by atoms with E-state index in [0.717, 1.165) is 5.56 Å². The Balaban J connectivity index is 2.78. The van der Waals surface area contributed by atoms with Crippen LogP contribution in [0.15, 0.2) is 18.2 Å². The SMILES string of the molecule is CCS(=O)(=O)CCOc1cc(C)ccc1C(=O)O. The van der Waals surface area contributed by atoms with E-state index >= 15 is 0 Å². The summed E-state index contributed by atoms with van der Waals surface area (Å²) in [7, 11) is -3.11. The number of rotatable bonds is 6. The van der Waals surface area contributed by atoms with Gasteiger partial charge in [-0.2, -0.15) is 0 Å². The maximum Gasteiger partial charge on any atom is 0.339 e. The number of carbonyl (C=O) groups is 1. The van der Waals surface area contributed by atoms with Crippen LogP contribution in [0.3, 0.4) is 0 Å². The minimum absolute atomic E-state index is 0.0366. The summed E-state index contributed by atoms with van der Waals surface area (Å²) < 4.78 is 27.8. The number of ether oxygens (including phenoxy) is 1. The molecule has 6 heteroatoms. The summed E-state index contributed by atoms with van der Waals surface area (Å²) >= 11 is 0. The highest BCUT2D eigenvalue weighted by Crippen LogP contribution is 2.20. The smallest absolute Gasteiger partial charge is 0.339 e. The van der Waals surface area contributed by atoms with Crippen molar-refractivity contribution in [3.05, 3.63) is 29.3 Å². The van der Waals surface area contributed by atoms with Crippen molar-refractivity contribution < 1.29 is 23.1 Å². The summed E-state index contributed by atoms with van der Waals surface area (Å²) in [5.74, 6) is -0.955. The van der Waals surface area contributed by atoms with Crippen LogP contribution >= 0.6 is 0 Å². The van der Waals surface area contributed by atoms with Gasteiger partial charge in [0.1, 0.15) is 17.9 Å². The van der Waals surface area contributed by atoms with E-state index in [0.29, 0.717) is 0 Å². The molecule has 0 aromatic heterocycles. The second kappa shape index (κ2) is 5.86. The van der Waals surface area contributed by atoms with E-state index in [1.165, 1.54) is 6.07 Å². The highest BCUT2D eigenvalue weighted by Gasteiger charge is 2.13. The maximum atomic E-state index is 11.3. The predicted molar refractivity (Wildman–Crippen MR) is 68.0 cm³/mol. The molecular weight excluding hydrogens is 256 g/mol. The zero-order valence-corrected chi connectivity index (χ0v) is 11.2. The van der Waals surface area contributed by atoms with Crippen molar-refractivity contribution >= 4 is 15.8 Å². The van der Waals surface area contributed by atoms with Crippen LogP contribution in [-0.2, 0) is 9.84 Å². The molecule has 1 aromatic carbocycles. The molecule has 1 rings (SSSR count). The summed E-state index contributed by atoms with van der Waals surface area (Å²) in [5.41, 5.74) is 0.892. The fourth-order valence-corrected chi connectivity index (χ4v) is 1.97. The molecule has 0 aliphatic carbocycles. The van der Waals surface area contributed by atoms with E-state index in [2.05, 4.69) is 0 Å². The zero-order valence-electron chi connectivity index (χ0n) is 10.3. The van der Waals surface area contributed by atoms with Crippen LogP contribution in [0.4, 0.5) is 0 Å². The third kappa shape index (κ3) is 4.03. The maximum absolute atomic E-state index is 11.3. The molecule has 1 N–H and O–H groups in total. The molecule has 0 aliphatic heterocycles. The topological polar surface area (TPSA) is 80.7 Å². The molecule has 0 aliphatic rings. The van der Waals surface area contributed by atoms with Crippen LogP contribution in [-0.4, -0.2) is 37.6 Å². The molecule has 0 saturated carbocycles. The van der Waals surface area contributed by atoms with E-state index in [1.54, 1.807) is 26.0 Å². The Morgan fingerprint density at radius 1 is 1.39 bits per heavy atom. The number of carboxylic acid groups (broad SMARTS) is 1. The molecule has 0 saturated heterocycles. The van der Waals surface area contributed by atoms with Gasteiger partial charge in [-0.25, -0.2) is 13.2 Å². The van der Waals surface area contributed by atoms with Gasteiger partial charge in [0, 0.05) is 5.75 Å². The molecule has 100 valence electrons. The van der Waals surface area contributed by atoms with Gasteiger partial charge in [-0.1, -0.05) is 13.0 Å². The van der Waals surface area contributed by atoms with Crippen molar-refractivity contribution in [2.24, 2.45) is 0 Å². The first-order valence-corrected chi connectivity index (χ1v) is 7.35. The van der Waals surface area contributed by atoms with E-state index in [9.17, 15) is 13.2 Å².